The molecule has 2 atom stereocenters. The predicted molar refractivity (Wildman–Crippen MR) is 321 cm³/mol. The fourth-order valence-electron chi connectivity index (χ4n) is 12.8. The van der Waals surface area contributed by atoms with Crippen LogP contribution in [0.1, 0.15) is 42.5 Å². The molecule has 13 rings (SSSR count). The third-order valence-corrected chi connectivity index (χ3v) is 21.8. The van der Waals surface area contributed by atoms with Gasteiger partial charge in [-0.05, 0) is 0 Å². The van der Waals surface area contributed by atoms with Crippen molar-refractivity contribution in [2.75, 3.05) is 23.9 Å². The van der Waals surface area contributed by atoms with Gasteiger partial charge >= 0.3 is 462 Å². The number of hydrogen-bond donors (Lipinski definition) is 0. The van der Waals surface area contributed by atoms with Crippen LogP contribution >= 0.6 is 0 Å². The maximum atomic E-state index is 2.46. The van der Waals surface area contributed by atoms with Gasteiger partial charge in [-0.25, -0.2) is 0 Å². The van der Waals surface area contributed by atoms with E-state index in [1.807, 2.05) is 0 Å². The number of aromatic nitrogens is 2. The molecule has 4 nitrogen and oxygen atoms in total. The van der Waals surface area contributed by atoms with Gasteiger partial charge in [0.2, 0.25) is 0 Å². The average molecular weight is 1120 g/mol. The molecule has 0 N–H and O–H groups in total. The number of benzene rings is 9. The number of nitrogens with zero attached hydrogens (tertiary/aromatic N) is 4. The van der Waals surface area contributed by atoms with Gasteiger partial charge in [-0.1, -0.05) is 0 Å². The molecule has 2 unspecified atom stereocenters. The Bertz CT molecular complexity index is 3860. The predicted octanol–water partition coefficient (Wildman–Crippen LogP) is 13.6. The first kappa shape index (κ1) is 48.1. The Kier molecular flexibility index (Phi) is 12.6. The molecular formula is C70H60N4Se2+2. The van der Waals surface area contributed by atoms with Crippen molar-refractivity contribution in [2.24, 2.45) is 14.1 Å². The van der Waals surface area contributed by atoms with Gasteiger partial charge in [-0.3, -0.25) is 0 Å². The fraction of sp³-hybridized carbons (Fsp3) is 0.143. The zero-order valence-electron chi connectivity index (χ0n) is 43.5. The number of aryl methyl sites for hydroxylation is 2. The van der Waals surface area contributed by atoms with Gasteiger partial charge in [-0.15, -0.1) is 0 Å². The van der Waals surface area contributed by atoms with Crippen LogP contribution in [-0.2, 0) is 50.6 Å². The topological polar surface area (TPSA) is 14.2 Å². The van der Waals surface area contributed by atoms with Crippen LogP contribution in [-0.4, -0.2) is 43.1 Å². The number of allylic oxidation sites excluding steroid dienone is 6. The summed E-state index contributed by atoms with van der Waals surface area (Å²) in [4.78, 5) is 4.92. The van der Waals surface area contributed by atoms with Crippen molar-refractivity contribution >= 4 is 93.6 Å². The van der Waals surface area contributed by atoms with Crippen LogP contribution in [0.2, 0.25) is 0 Å². The number of anilines is 2. The van der Waals surface area contributed by atoms with Crippen molar-refractivity contribution in [2.45, 2.75) is 36.5 Å². The first-order chi connectivity index (χ1) is 37.3. The molecule has 0 saturated heterocycles. The van der Waals surface area contributed by atoms with Crippen LogP contribution in [0.5, 0.6) is 0 Å². The number of rotatable bonds is 12. The van der Waals surface area contributed by atoms with E-state index in [0.29, 0.717) is 0 Å². The van der Waals surface area contributed by atoms with Crippen LogP contribution in [0.4, 0.5) is 11.4 Å². The second-order valence-corrected chi connectivity index (χ2v) is 25.2. The summed E-state index contributed by atoms with van der Waals surface area (Å²) in [6.45, 7) is 0. The van der Waals surface area contributed by atoms with Gasteiger partial charge in [0.05, 0.1) is 0 Å². The van der Waals surface area contributed by atoms with E-state index in [-0.39, 0.29) is 39.8 Å². The molecule has 2 aromatic heterocycles. The van der Waals surface area contributed by atoms with E-state index in [0.717, 1.165) is 25.7 Å². The molecule has 9 aromatic carbocycles. The van der Waals surface area contributed by atoms with Crippen molar-refractivity contribution in [3.8, 4) is 0 Å². The Hall–Kier alpha value is -7.56. The fourth-order valence-corrected chi connectivity index (χ4v) is 17.8. The Labute approximate surface area is 458 Å². The Morgan fingerprint density at radius 1 is 0.395 bits per heavy atom. The van der Waals surface area contributed by atoms with Crippen molar-refractivity contribution in [3.05, 3.63) is 284 Å². The number of likely N-dealkylation sites (N-methyl/N-ethyl adjacent to an activating group) is 2. The summed E-state index contributed by atoms with van der Waals surface area (Å²) in [7, 11) is 9.00. The van der Waals surface area contributed by atoms with Gasteiger partial charge in [0.15, 0.2) is 0 Å². The summed E-state index contributed by atoms with van der Waals surface area (Å²) in [6.07, 6.45) is 17.8. The molecule has 2 aliphatic rings. The van der Waals surface area contributed by atoms with E-state index in [4.69, 9.17) is 0 Å². The van der Waals surface area contributed by atoms with E-state index in [2.05, 4.69) is 290 Å². The maximum absolute atomic E-state index is 2.46. The molecule has 370 valence electrons. The van der Waals surface area contributed by atoms with Crippen LogP contribution in [0.3, 0.4) is 0 Å². The number of fused-ring (bicyclic) bond motifs is 8. The van der Waals surface area contributed by atoms with Gasteiger partial charge in [0, 0.05) is 0 Å². The van der Waals surface area contributed by atoms with E-state index in [1.54, 1.807) is 0 Å². The number of para-hydroxylation sites is 2. The molecule has 0 fully saturated rings. The quantitative estimate of drug-likeness (QED) is 0.0894. The van der Waals surface area contributed by atoms with Crippen molar-refractivity contribution in [1.82, 2.24) is 0 Å². The van der Waals surface area contributed by atoms with Gasteiger partial charge in [0.1, 0.15) is 0 Å². The second-order valence-electron chi connectivity index (χ2n) is 20.9. The van der Waals surface area contributed by atoms with E-state index < -0.39 is 0 Å². The minimum absolute atomic E-state index is 0.200. The molecule has 11 aromatic rings. The normalized spacial score (nSPS) is 18.5. The molecule has 0 bridgehead atoms. The van der Waals surface area contributed by atoms with Crippen molar-refractivity contribution in [3.63, 3.8) is 0 Å². The summed E-state index contributed by atoms with van der Waals surface area (Å²) < 4.78 is 10.5. The molecule has 0 amide bonds. The average Bonchev–Trinajstić information content (AvgIpc) is 4.14. The molecule has 0 saturated carbocycles. The zero-order valence-corrected chi connectivity index (χ0v) is 47.0. The molecule has 2 aliphatic heterocycles. The SMILES string of the molecule is CN1/C(=C\C=C\c2[se]c3c4ccccc4ccc3[n+]2C)C(Cc2ccccc2)(Cc2ccc(CC3(Cc4ccccc4)/C(=C/C=C/c4[se]c5c6ccccc6ccc5[n+]4C)N(C)c4ccccc43)cc2)c2ccccc21. The first-order valence-electron chi connectivity index (χ1n) is 26.5. The summed E-state index contributed by atoms with van der Waals surface area (Å²) in [5.41, 5.74) is 15.4. The van der Waals surface area contributed by atoms with Crippen molar-refractivity contribution in [1.29, 1.82) is 0 Å². The van der Waals surface area contributed by atoms with Crippen molar-refractivity contribution < 1.29 is 9.13 Å². The van der Waals surface area contributed by atoms with Crippen LogP contribution < -0.4 is 18.9 Å². The second kappa shape index (κ2) is 19.9. The molecule has 0 aliphatic carbocycles. The van der Waals surface area contributed by atoms with Gasteiger partial charge < -0.3 is 0 Å². The molecule has 6 heteroatoms. The standard InChI is InChI=1S/C70H60N4Se2/c1-71-59-31-17-15-29-57(59)69(45-49-21-7-5-8-22-49,63(71)33-19-35-65-73(3)61-43-41-53-25-11-13-27-55(53)67(61)75-65)47-51-37-39-52(40-38-51)48-70(46-50-23-9-6-10-24-50)58-30-16-18-32-60(58)72(2)64(70)34-20-36-66-74(4)62-44-42-54-26-12-14-28-56(54)68(62)76-66/h5-44H,45-48H2,1-4H3/q+2. The van der Waals surface area contributed by atoms with Crippen LogP contribution in [0, 0.1) is 0 Å². The van der Waals surface area contributed by atoms with Crippen LogP contribution in [0.25, 0.3) is 53.3 Å². The Balaban J connectivity index is 0.878. The van der Waals surface area contributed by atoms with Crippen LogP contribution in [0.15, 0.2) is 242 Å². The molecule has 0 spiro atoms. The molecule has 4 heterocycles. The molecular weight excluding hydrogens is 1050 g/mol. The monoisotopic (exact) mass is 1120 g/mol. The minimum atomic E-state index is -0.305. The Morgan fingerprint density at radius 2 is 0.750 bits per heavy atom. The molecule has 0 radical (unpaired) electrons. The van der Waals surface area contributed by atoms with E-state index in [9.17, 15) is 0 Å². The van der Waals surface area contributed by atoms with E-state index >= 15 is 0 Å². The van der Waals surface area contributed by atoms with Gasteiger partial charge in [-0.2, -0.15) is 0 Å². The summed E-state index contributed by atoms with van der Waals surface area (Å²) in [6, 6.07) is 77.0. The van der Waals surface area contributed by atoms with Gasteiger partial charge in [0.25, 0.3) is 0 Å². The zero-order chi connectivity index (χ0) is 51.4. The summed E-state index contributed by atoms with van der Waals surface area (Å²) in [5.74, 6) is 0. The number of hydrogen-bond acceptors (Lipinski definition) is 2. The molecule has 76 heavy (non-hydrogen) atoms. The summed E-state index contributed by atoms with van der Waals surface area (Å²) in [5, 5.41) is 5.37. The summed E-state index contributed by atoms with van der Waals surface area (Å²) >= 11 is 0.400. The first-order valence-corrected chi connectivity index (χ1v) is 29.9. The third kappa shape index (κ3) is 8.36. The van der Waals surface area contributed by atoms with E-state index in [1.165, 1.54) is 106 Å². The Morgan fingerprint density at radius 3 is 1.17 bits per heavy atom. The third-order valence-electron chi connectivity index (χ3n) is 16.5.